The maximum absolute atomic E-state index is 10.7. The van der Waals surface area contributed by atoms with Gasteiger partial charge in [0.05, 0.1) is 36.6 Å². The second-order valence-corrected chi connectivity index (χ2v) is 8.84. The van der Waals surface area contributed by atoms with Gasteiger partial charge in [0.1, 0.15) is 11.6 Å². The average molecular weight is 519 g/mol. The highest BCUT2D eigenvalue weighted by Gasteiger charge is 2.08. The van der Waals surface area contributed by atoms with Gasteiger partial charge in [0.25, 0.3) is 0 Å². The predicted molar refractivity (Wildman–Crippen MR) is 151 cm³/mol. The van der Waals surface area contributed by atoms with Gasteiger partial charge in [0, 0.05) is 12.8 Å². The van der Waals surface area contributed by atoms with Crippen molar-refractivity contribution in [1.82, 2.24) is 19.9 Å². The third-order valence-electron chi connectivity index (χ3n) is 5.13. The molecule has 0 aliphatic heterocycles. The Hall–Kier alpha value is -4.20. The lowest BCUT2D eigenvalue weighted by atomic mass is 10.0. The zero-order valence-corrected chi connectivity index (χ0v) is 22.6. The van der Waals surface area contributed by atoms with Crippen molar-refractivity contribution in [3.63, 3.8) is 0 Å². The Morgan fingerprint density at radius 2 is 0.895 bits per heavy atom. The lowest BCUT2D eigenvalue weighted by Crippen LogP contribution is -1.98. The number of hydrogen-bond donors (Lipinski definition) is 4. The Morgan fingerprint density at radius 3 is 1.18 bits per heavy atom. The molecule has 2 heterocycles. The van der Waals surface area contributed by atoms with Crippen LogP contribution in [0.25, 0.3) is 33.6 Å². The molecule has 8 heteroatoms. The molecule has 0 bridgehead atoms. The lowest BCUT2D eigenvalue weighted by molar-refractivity contribution is -0.138. The van der Waals surface area contributed by atoms with Gasteiger partial charge in [-0.15, -0.1) is 0 Å². The van der Waals surface area contributed by atoms with Crippen LogP contribution in [0, 0.1) is 0 Å². The Balaban J connectivity index is 0.000000773. The van der Waals surface area contributed by atoms with Crippen molar-refractivity contribution in [2.75, 3.05) is 0 Å². The monoisotopic (exact) mass is 518 g/mol. The summed E-state index contributed by atoms with van der Waals surface area (Å²) >= 11 is 0. The largest absolute Gasteiger partial charge is 0.481 e. The number of H-pyrrole nitrogens is 2. The van der Waals surface area contributed by atoms with Crippen LogP contribution < -0.4 is 0 Å². The summed E-state index contributed by atoms with van der Waals surface area (Å²) in [6.45, 7) is 8.50. The number of aromatic amines is 2. The molecule has 0 unspecified atom stereocenters. The molecule has 4 N–H and O–H groups in total. The van der Waals surface area contributed by atoms with Gasteiger partial charge < -0.3 is 20.2 Å². The third-order valence-corrected chi connectivity index (χ3v) is 5.13. The van der Waals surface area contributed by atoms with E-state index in [9.17, 15) is 9.59 Å². The first-order chi connectivity index (χ1) is 18.3. The molecule has 0 fully saturated rings. The van der Waals surface area contributed by atoms with E-state index in [4.69, 9.17) is 10.2 Å². The highest BCUT2D eigenvalue weighted by Crippen LogP contribution is 2.26. The molecule has 0 spiro atoms. The zero-order valence-electron chi connectivity index (χ0n) is 22.6. The van der Waals surface area contributed by atoms with Crippen LogP contribution in [-0.2, 0) is 22.4 Å². The minimum absolute atomic E-state index is 0.0457. The SMILES string of the molecule is CCC.CCC.O=C(O)CCc1ncc(-c2ccc(-c3ccc(-c4cnc(CCC(=O)O)[nH]4)cc3)cc2)[nH]1. The van der Waals surface area contributed by atoms with Gasteiger partial charge in [0.15, 0.2) is 0 Å². The summed E-state index contributed by atoms with van der Waals surface area (Å²) < 4.78 is 0. The van der Waals surface area contributed by atoms with E-state index in [0.29, 0.717) is 24.5 Å². The van der Waals surface area contributed by atoms with Crippen molar-refractivity contribution < 1.29 is 19.8 Å². The summed E-state index contributed by atoms with van der Waals surface area (Å²) in [7, 11) is 0. The molecule has 4 aromatic rings. The van der Waals surface area contributed by atoms with E-state index >= 15 is 0 Å². The van der Waals surface area contributed by atoms with Gasteiger partial charge in [-0.25, -0.2) is 9.97 Å². The number of benzene rings is 2. The summed E-state index contributed by atoms with van der Waals surface area (Å²) in [6, 6.07) is 16.1. The molecule has 0 aliphatic carbocycles. The Bertz CT molecular complexity index is 1160. The van der Waals surface area contributed by atoms with E-state index < -0.39 is 11.9 Å². The van der Waals surface area contributed by atoms with Gasteiger partial charge in [-0.2, -0.15) is 0 Å². The highest BCUT2D eigenvalue weighted by atomic mass is 16.4. The number of nitrogens with zero attached hydrogens (tertiary/aromatic N) is 2. The van der Waals surface area contributed by atoms with Gasteiger partial charge >= 0.3 is 11.9 Å². The predicted octanol–water partition coefficient (Wildman–Crippen LogP) is 7.00. The van der Waals surface area contributed by atoms with Crippen molar-refractivity contribution in [2.24, 2.45) is 0 Å². The van der Waals surface area contributed by atoms with Crippen molar-refractivity contribution in [3.05, 3.63) is 72.6 Å². The van der Waals surface area contributed by atoms with E-state index in [0.717, 1.165) is 33.6 Å². The molecule has 2 aromatic heterocycles. The first-order valence-electron chi connectivity index (χ1n) is 13.0. The zero-order chi connectivity index (χ0) is 27.9. The third kappa shape index (κ3) is 9.69. The first-order valence-corrected chi connectivity index (χ1v) is 13.0. The summed E-state index contributed by atoms with van der Waals surface area (Å²) in [5.74, 6) is -0.368. The van der Waals surface area contributed by atoms with Crippen LogP contribution in [0.15, 0.2) is 60.9 Å². The fraction of sp³-hybridized carbons (Fsp3) is 0.333. The maximum Gasteiger partial charge on any atom is 0.303 e. The summed E-state index contributed by atoms with van der Waals surface area (Å²) in [5, 5.41) is 17.6. The topological polar surface area (TPSA) is 132 Å². The lowest BCUT2D eigenvalue weighted by Gasteiger charge is -2.05. The molecule has 0 atom stereocenters. The number of carboxylic acid groups (broad SMARTS) is 2. The van der Waals surface area contributed by atoms with Gasteiger partial charge in [-0.1, -0.05) is 89.1 Å². The number of hydrogen-bond acceptors (Lipinski definition) is 4. The van der Waals surface area contributed by atoms with Crippen molar-refractivity contribution >= 4 is 11.9 Å². The van der Waals surface area contributed by atoms with E-state index in [1.807, 2.05) is 48.5 Å². The molecular formula is C30H38N4O4. The molecule has 8 nitrogen and oxygen atoms in total. The Morgan fingerprint density at radius 1 is 0.605 bits per heavy atom. The Kier molecular flexibility index (Phi) is 12.5. The second-order valence-electron chi connectivity index (χ2n) is 8.84. The van der Waals surface area contributed by atoms with Crippen LogP contribution >= 0.6 is 0 Å². The molecule has 0 amide bonds. The smallest absolute Gasteiger partial charge is 0.303 e. The molecule has 0 saturated heterocycles. The Labute approximate surface area is 224 Å². The average Bonchev–Trinajstić information content (AvgIpc) is 3.58. The number of aryl methyl sites for hydroxylation is 2. The normalized spacial score (nSPS) is 10.1. The number of rotatable bonds is 9. The van der Waals surface area contributed by atoms with Crippen LogP contribution in [0.2, 0.25) is 0 Å². The second kappa shape index (κ2) is 15.8. The number of aliphatic carboxylic acids is 2. The van der Waals surface area contributed by atoms with Crippen molar-refractivity contribution in [3.8, 4) is 33.6 Å². The molecule has 202 valence electrons. The van der Waals surface area contributed by atoms with Crippen LogP contribution in [0.3, 0.4) is 0 Å². The van der Waals surface area contributed by atoms with Gasteiger partial charge in [0.2, 0.25) is 0 Å². The van der Waals surface area contributed by atoms with E-state index in [1.165, 1.54) is 12.8 Å². The molecule has 0 saturated carbocycles. The fourth-order valence-corrected chi connectivity index (χ4v) is 3.41. The number of aromatic nitrogens is 4. The standard InChI is InChI=1S/C24H22N4O4.2C3H8/c29-23(30)11-9-21-25-13-19(27-21)17-5-1-15(2-6-17)16-3-7-18(8-4-16)20-14-26-22(28-20)10-12-24(31)32;2*1-3-2/h1-8,13-14H,9-12H2,(H,25,27)(H,26,28)(H,29,30)(H,31,32);2*3H2,1-2H3. The first kappa shape index (κ1) is 30.0. The van der Waals surface area contributed by atoms with Crippen LogP contribution in [0.4, 0.5) is 0 Å². The summed E-state index contributed by atoms with van der Waals surface area (Å²) in [4.78, 5) is 36.3. The van der Waals surface area contributed by atoms with E-state index in [2.05, 4.69) is 47.6 Å². The van der Waals surface area contributed by atoms with Crippen LogP contribution in [-0.4, -0.2) is 42.1 Å². The highest BCUT2D eigenvalue weighted by molar-refractivity contribution is 5.72. The molecular weight excluding hydrogens is 480 g/mol. The summed E-state index contributed by atoms with van der Waals surface area (Å²) in [5.41, 5.74) is 5.79. The van der Waals surface area contributed by atoms with Crippen LogP contribution in [0.5, 0.6) is 0 Å². The molecule has 0 aliphatic rings. The van der Waals surface area contributed by atoms with Gasteiger partial charge in [-0.3, -0.25) is 9.59 Å². The van der Waals surface area contributed by atoms with Gasteiger partial charge in [-0.05, 0) is 22.3 Å². The summed E-state index contributed by atoms with van der Waals surface area (Å²) in [6.07, 6.45) is 6.77. The molecule has 0 radical (unpaired) electrons. The molecule has 2 aromatic carbocycles. The minimum Gasteiger partial charge on any atom is -0.481 e. The number of imidazole rings is 2. The minimum atomic E-state index is -0.843. The number of carboxylic acids is 2. The van der Waals surface area contributed by atoms with Crippen molar-refractivity contribution in [1.29, 1.82) is 0 Å². The maximum atomic E-state index is 10.7. The van der Waals surface area contributed by atoms with Crippen molar-refractivity contribution in [2.45, 2.75) is 66.2 Å². The number of carbonyl (C=O) groups is 2. The molecule has 38 heavy (non-hydrogen) atoms. The quantitative estimate of drug-likeness (QED) is 0.189. The van der Waals surface area contributed by atoms with E-state index in [-0.39, 0.29) is 12.8 Å². The van der Waals surface area contributed by atoms with E-state index in [1.54, 1.807) is 12.4 Å². The molecule has 4 rings (SSSR count). The fourth-order valence-electron chi connectivity index (χ4n) is 3.41. The number of nitrogens with one attached hydrogen (secondary N) is 2. The van der Waals surface area contributed by atoms with Crippen LogP contribution in [0.1, 0.15) is 65.0 Å².